The third kappa shape index (κ3) is 4.18. The Morgan fingerprint density at radius 2 is 1.52 bits per heavy atom. The SMILES string of the molecule is CCCCC=CCCCCN1C(=O)C2CCCCC2C1=O. The van der Waals surface area contributed by atoms with Gasteiger partial charge in [0.25, 0.3) is 0 Å². The highest BCUT2D eigenvalue weighted by molar-refractivity contribution is 6.05. The van der Waals surface area contributed by atoms with Gasteiger partial charge in [0.1, 0.15) is 0 Å². The van der Waals surface area contributed by atoms with E-state index in [-0.39, 0.29) is 23.7 Å². The van der Waals surface area contributed by atoms with E-state index in [4.69, 9.17) is 0 Å². The predicted octanol–water partition coefficient (Wildman–Crippen LogP) is 4.08. The molecule has 0 aromatic heterocycles. The van der Waals surface area contributed by atoms with Crippen molar-refractivity contribution in [3.63, 3.8) is 0 Å². The van der Waals surface area contributed by atoms with E-state index in [1.165, 1.54) is 19.3 Å². The Labute approximate surface area is 128 Å². The highest BCUT2D eigenvalue weighted by atomic mass is 16.2. The van der Waals surface area contributed by atoms with Gasteiger partial charge in [-0.25, -0.2) is 0 Å². The number of amides is 2. The molecule has 0 bridgehead atoms. The first-order valence-electron chi connectivity index (χ1n) is 8.76. The summed E-state index contributed by atoms with van der Waals surface area (Å²) >= 11 is 0. The average molecular weight is 291 g/mol. The summed E-state index contributed by atoms with van der Waals surface area (Å²) in [6.07, 6.45) is 15.3. The molecule has 2 unspecified atom stereocenters. The van der Waals surface area contributed by atoms with Crippen LogP contribution in [0, 0.1) is 11.8 Å². The number of likely N-dealkylation sites (tertiary alicyclic amines) is 1. The molecule has 1 aliphatic carbocycles. The van der Waals surface area contributed by atoms with E-state index in [2.05, 4.69) is 19.1 Å². The first kappa shape index (κ1) is 16.3. The number of nitrogens with zero attached hydrogens (tertiary/aromatic N) is 1. The fraction of sp³-hybridized carbons (Fsp3) is 0.778. The van der Waals surface area contributed by atoms with Crippen LogP contribution >= 0.6 is 0 Å². The first-order chi connectivity index (χ1) is 10.3. The van der Waals surface area contributed by atoms with Gasteiger partial charge in [-0.15, -0.1) is 0 Å². The second-order valence-electron chi connectivity index (χ2n) is 6.43. The first-order valence-corrected chi connectivity index (χ1v) is 8.76. The molecule has 2 amide bonds. The molecule has 1 saturated heterocycles. The van der Waals surface area contributed by atoms with Crippen LogP contribution in [-0.2, 0) is 9.59 Å². The van der Waals surface area contributed by atoms with Crippen LogP contribution in [0.3, 0.4) is 0 Å². The molecule has 0 radical (unpaired) electrons. The molecular formula is C18H29NO2. The van der Waals surface area contributed by atoms with Gasteiger partial charge in [-0.1, -0.05) is 44.8 Å². The normalized spacial score (nSPS) is 25.9. The third-order valence-corrected chi connectivity index (χ3v) is 4.83. The second kappa shape index (κ2) is 8.35. The molecule has 1 heterocycles. The van der Waals surface area contributed by atoms with E-state index in [0.29, 0.717) is 6.54 Å². The average Bonchev–Trinajstić information content (AvgIpc) is 2.75. The molecule has 1 aliphatic heterocycles. The van der Waals surface area contributed by atoms with E-state index in [9.17, 15) is 9.59 Å². The number of hydrogen-bond donors (Lipinski definition) is 0. The molecule has 3 heteroatoms. The molecule has 118 valence electrons. The zero-order chi connectivity index (χ0) is 15.1. The largest absolute Gasteiger partial charge is 0.282 e. The zero-order valence-electron chi connectivity index (χ0n) is 13.4. The molecular weight excluding hydrogens is 262 g/mol. The zero-order valence-corrected chi connectivity index (χ0v) is 13.4. The summed E-state index contributed by atoms with van der Waals surface area (Å²) in [7, 11) is 0. The lowest BCUT2D eigenvalue weighted by Crippen LogP contribution is -2.32. The second-order valence-corrected chi connectivity index (χ2v) is 6.43. The minimum Gasteiger partial charge on any atom is -0.282 e. The van der Waals surface area contributed by atoms with Crippen LogP contribution in [0.25, 0.3) is 0 Å². The Bertz CT molecular complexity index is 365. The molecule has 0 spiro atoms. The van der Waals surface area contributed by atoms with E-state index < -0.39 is 0 Å². The molecule has 0 aromatic carbocycles. The lowest BCUT2D eigenvalue weighted by atomic mass is 9.81. The van der Waals surface area contributed by atoms with Gasteiger partial charge in [0.2, 0.25) is 11.8 Å². The van der Waals surface area contributed by atoms with Crippen LogP contribution in [0.4, 0.5) is 0 Å². The summed E-state index contributed by atoms with van der Waals surface area (Å²) in [6.45, 7) is 2.84. The van der Waals surface area contributed by atoms with Crippen molar-refractivity contribution in [3.8, 4) is 0 Å². The van der Waals surface area contributed by atoms with E-state index in [1.54, 1.807) is 4.90 Å². The van der Waals surface area contributed by atoms with E-state index in [0.717, 1.165) is 44.9 Å². The van der Waals surface area contributed by atoms with Gasteiger partial charge in [-0.05, 0) is 38.5 Å². The number of carbonyl (C=O) groups excluding carboxylic acids is 2. The van der Waals surface area contributed by atoms with Crippen molar-refractivity contribution in [2.24, 2.45) is 11.8 Å². The molecule has 2 rings (SSSR count). The van der Waals surface area contributed by atoms with Crippen LogP contribution in [0.5, 0.6) is 0 Å². The maximum absolute atomic E-state index is 12.3. The van der Waals surface area contributed by atoms with Gasteiger partial charge in [-0.3, -0.25) is 14.5 Å². The fourth-order valence-corrected chi connectivity index (χ4v) is 3.54. The minimum atomic E-state index is 0.0141. The summed E-state index contributed by atoms with van der Waals surface area (Å²) < 4.78 is 0. The maximum atomic E-state index is 12.3. The Morgan fingerprint density at radius 3 is 2.10 bits per heavy atom. The van der Waals surface area contributed by atoms with Gasteiger partial charge in [-0.2, -0.15) is 0 Å². The molecule has 2 aliphatic rings. The number of allylic oxidation sites excluding steroid dienone is 2. The molecule has 0 aromatic rings. The maximum Gasteiger partial charge on any atom is 0.233 e. The summed E-state index contributed by atoms with van der Waals surface area (Å²) in [6, 6.07) is 0. The van der Waals surface area contributed by atoms with Crippen LogP contribution < -0.4 is 0 Å². The number of imide groups is 1. The van der Waals surface area contributed by atoms with Gasteiger partial charge in [0.05, 0.1) is 11.8 Å². The third-order valence-electron chi connectivity index (χ3n) is 4.83. The van der Waals surface area contributed by atoms with Crippen LogP contribution in [0.1, 0.15) is 71.1 Å². The number of rotatable bonds is 8. The number of unbranched alkanes of at least 4 members (excludes halogenated alkanes) is 4. The van der Waals surface area contributed by atoms with Crippen molar-refractivity contribution in [1.29, 1.82) is 0 Å². The van der Waals surface area contributed by atoms with Crippen molar-refractivity contribution in [3.05, 3.63) is 12.2 Å². The van der Waals surface area contributed by atoms with Gasteiger partial charge >= 0.3 is 0 Å². The topological polar surface area (TPSA) is 37.4 Å². The molecule has 1 saturated carbocycles. The summed E-state index contributed by atoms with van der Waals surface area (Å²) in [4.78, 5) is 26.1. The summed E-state index contributed by atoms with van der Waals surface area (Å²) in [5, 5.41) is 0. The molecule has 3 nitrogen and oxygen atoms in total. The van der Waals surface area contributed by atoms with Crippen molar-refractivity contribution < 1.29 is 9.59 Å². The van der Waals surface area contributed by atoms with Gasteiger partial charge in [0.15, 0.2) is 0 Å². The molecule has 0 N–H and O–H groups in total. The number of hydrogen-bond acceptors (Lipinski definition) is 2. The lowest BCUT2D eigenvalue weighted by Gasteiger charge is -2.19. The highest BCUT2D eigenvalue weighted by Gasteiger charge is 2.47. The minimum absolute atomic E-state index is 0.0141. The Balaban J connectivity index is 1.67. The number of fused-ring (bicyclic) bond motifs is 1. The van der Waals surface area contributed by atoms with E-state index >= 15 is 0 Å². The monoisotopic (exact) mass is 291 g/mol. The smallest absolute Gasteiger partial charge is 0.233 e. The Hall–Kier alpha value is -1.12. The van der Waals surface area contributed by atoms with Crippen LogP contribution in [-0.4, -0.2) is 23.3 Å². The van der Waals surface area contributed by atoms with Crippen molar-refractivity contribution in [2.75, 3.05) is 6.54 Å². The van der Waals surface area contributed by atoms with Gasteiger partial charge < -0.3 is 0 Å². The summed E-state index contributed by atoms with van der Waals surface area (Å²) in [5.74, 6) is 0.256. The van der Waals surface area contributed by atoms with E-state index in [1.807, 2.05) is 0 Å². The van der Waals surface area contributed by atoms with Crippen molar-refractivity contribution in [1.82, 2.24) is 4.90 Å². The number of carbonyl (C=O) groups is 2. The molecule has 2 atom stereocenters. The quantitative estimate of drug-likeness (QED) is 0.384. The van der Waals surface area contributed by atoms with Crippen LogP contribution in [0.2, 0.25) is 0 Å². The standard InChI is InChI=1S/C18H29NO2/c1-2-3-4-5-6-7-8-11-14-19-17(20)15-12-9-10-13-16(15)18(19)21/h5-6,15-16H,2-4,7-14H2,1H3. The highest BCUT2D eigenvalue weighted by Crippen LogP contribution is 2.38. The fourth-order valence-electron chi connectivity index (χ4n) is 3.54. The summed E-state index contributed by atoms with van der Waals surface area (Å²) in [5.41, 5.74) is 0. The van der Waals surface area contributed by atoms with Gasteiger partial charge in [0, 0.05) is 6.54 Å². The molecule has 21 heavy (non-hydrogen) atoms. The van der Waals surface area contributed by atoms with Crippen LogP contribution in [0.15, 0.2) is 12.2 Å². The van der Waals surface area contributed by atoms with Crippen molar-refractivity contribution >= 4 is 11.8 Å². The predicted molar refractivity (Wildman–Crippen MR) is 84.7 cm³/mol. The van der Waals surface area contributed by atoms with Crippen molar-refractivity contribution in [2.45, 2.75) is 71.1 Å². The molecule has 2 fully saturated rings. The lowest BCUT2D eigenvalue weighted by molar-refractivity contribution is -0.139. The Kier molecular flexibility index (Phi) is 6.47. The Morgan fingerprint density at radius 1 is 0.952 bits per heavy atom.